The van der Waals surface area contributed by atoms with Crippen molar-refractivity contribution in [3.05, 3.63) is 32.6 Å². The maximum Gasteiger partial charge on any atom is 0.325 e. The summed E-state index contributed by atoms with van der Waals surface area (Å²) >= 11 is 0. The van der Waals surface area contributed by atoms with Gasteiger partial charge in [0.1, 0.15) is 0 Å². The number of aromatic nitrogens is 2. The first kappa shape index (κ1) is 15.2. The van der Waals surface area contributed by atoms with Crippen LogP contribution in [0.5, 0.6) is 0 Å². The van der Waals surface area contributed by atoms with Crippen LogP contribution in [0.1, 0.15) is 32.4 Å². The zero-order chi connectivity index (χ0) is 14.5. The summed E-state index contributed by atoms with van der Waals surface area (Å²) in [5, 5.41) is 12.6. The first-order valence-corrected chi connectivity index (χ1v) is 6.20. The standard InChI is InChI=1S/C12H19N3O4/c1-3-12(19,4-2)7-13-9(16)5-8-6-10(17)15-11(18)14-8/h6,19H,3-5,7H2,1-2H3,(H,13,16)(H2,14,15,17,18). The Kier molecular flexibility index (Phi) is 5.05. The van der Waals surface area contributed by atoms with E-state index in [-0.39, 0.29) is 24.6 Å². The van der Waals surface area contributed by atoms with E-state index < -0.39 is 16.9 Å². The van der Waals surface area contributed by atoms with Crippen molar-refractivity contribution in [2.24, 2.45) is 0 Å². The van der Waals surface area contributed by atoms with Gasteiger partial charge in [0.05, 0.1) is 12.0 Å². The number of hydrogen-bond donors (Lipinski definition) is 4. The summed E-state index contributed by atoms with van der Waals surface area (Å²) in [4.78, 5) is 38.1. The van der Waals surface area contributed by atoms with E-state index in [0.717, 1.165) is 6.07 Å². The molecule has 0 radical (unpaired) electrons. The van der Waals surface area contributed by atoms with Gasteiger partial charge in [-0.1, -0.05) is 13.8 Å². The Hall–Kier alpha value is -1.89. The third-order valence-electron chi connectivity index (χ3n) is 3.10. The van der Waals surface area contributed by atoms with Crippen molar-refractivity contribution in [2.45, 2.75) is 38.7 Å². The molecule has 1 aromatic heterocycles. The van der Waals surface area contributed by atoms with Gasteiger partial charge >= 0.3 is 5.69 Å². The Morgan fingerprint density at radius 1 is 1.32 bits per heavy atom. The van der Waals surface area contributed by atoms with Crippen molar-refractivity contribution in [2.75, 3.05) is 6.54 Å². The van der Waals surface area contributed by atoms with Gasteiger partial charge in [0, 0.05) is 18.3 Å². The van der Waals surface area contributed by atoms with Crippen LogP contribution in [0.3, 0.4) is 0 Å². The van der Waals surface area contributed by atoms with Crippen molar-refractivity contribution < 1.29 is 9.90 Å². The van der Waals surface area contributed by atoms with Crippen LogP contribution in [0.4, 0.5) is 0 Å². The molecule has 4 N–H and O–H groups in total. The van der Waals surface area contributed by atoms with E-state index in [1.807, 2.05) is 18.8 Å². The number of amides is 1. The molecule has 0 fully saturated rings. The summed E-state index contributed by atoms with van der Waals surface area (Å²) in [6, 6.07) is 1.16. The number of rotatable bonds is 6. The SMILES string of the molecule is CCC(O)(CC)CNC(=O)Cc1cc(=O)[nH]c(=O)[nH]1. The zero-order valence-corrected chi connectivity index (χ0v) is 11.1. The van der Waals surface area contributed by atoms with E-state index in [1.54, 1.807) is 0 Å². The number of carbonyl (C=O) groups excluding carboxylic acids is 1. The van der Waals surface area contributed by atoms with Crippen LogP contribution >= 0.6 is 0 Å². The van der Waals surface area contributed by atoms with Gasteiger partial charge in [-0.2, -0.15) is 0 Å². The van der Waals surface area contributed by atoms with Crippen LogP contribution in [0.25, 0.3) is 0 Å². The normalized spacial score (nSPS) is 11.3. The Labute approximate surface area is 110 Å². The minimum absolute atomic E-state index is 0.108. The molecule has 0 spiro atoms. The van der Waals surface area contributed by atoms with Gasteiger partial charge < -0.3 is 15.4 Å². The van der Waals surface area contributed by atoms with Gasteiger partial charge in [0.2, 0.25) is 5.91 Å². The Morgan fingerprint density at radius 3 is 2.47 bits per heavy atom. The molecule has 19 heavy (non-hydrogen) atoms. The van der Waals surface area contributed by atoms with Crippen molar-refractivity contribution in [1.82, 2.24) is 15.3 Å². The number of aliphatic hydroxyl groups is 1. The third-order valence-corrected chi connectivity index (χ3v) is 3.10. The monoisotopic (exact) mass is 269 g/mol. The predicted octanol–water partition coefficient (Wildman–Crippen LogP) is -0.727. The highest BCUT2D eigenvalue weighted by Crippen LogP contribution is 2.12. The van der Waals surface area contributed by atoms with Gasteiger partial charge in [-0.25, -0.2) is 4.79 Å². The second-order valence-electron chi connectivity index (χ2n) is 4.50. The lowest BCUT2D eigenvalue weighted by molar-refractivity contribution is -0.121. The van der Waals surface area contributed by atoms with Crippen LogP contribution in [-0.2, 0) is 11.2 Å². The van der Waals surface area contributed by atoms with E-state index in [0.29, 0.717) is 12.8 Å². The summed E-state index contributed by atoms with van der Waals surface area (Å²) in [6.45, 7) is 3.82. The summed E-state index contributed by atoms with van der Waals surface area (Å²) in [5.74, 6) is -0.360. The lowest BCUT2D eigenvalue weighted by Gasteiger charge is -2.25. The number of H-pyrrole nitrogens is 2. The van der Waals surface area contributed by atoms with Crippen LogP contribution < -0.4 is 16.6 Å². The Balaban J connectivity index is 2.61. The van der Waals surface area contributed by atoms with Gasteiger partial charge in [-0.05, 0) is 12.8 Å². The van der Waals surface area contributed by atoms with E-state index in [2.05, 4.69) is 10.3 Å². The van der Waals surface area contributed by atoms with Crippen LogP contribution in [0.2, 0.25) is 0 Å². The third kappa shape index (κ3) is 4.70. The summed E-state index contributed by atoms with van der Waals surface area (Å²) in [7, 11) is 0. The first-order valence-electron chi connectivity index (χ1n) is 6.20. The predicted molar refractivity (Wildman–Crippen MR) is 69.9 cm³/mol. The number of hydrogen-bond acceptors (Lipinski definition) is 4. The van der Waals surface area contributed by atoms with Crippen LogP contribution in [0.15, 0.2) is 15.7 Å². The van der Waals surface area contributed by atoms with E-state index in [4.69, 9.17) is 0 Å². The van der Waals surface area contributed by atoms with Gasteiger partial charge in [0.25, 0.3) is 5.56 Å². The maximum atomic E-state index is 11.7. The van der Waals surface area contributed by atoms with Crippen molar-refractivity contribution in [3.8, 4) is 0 Å². The largest absolute Gasteiger partial charge is 0.388 e. The van der Waals surface area contributed by atoms with E-state index in [1.165, 1.54) is 0 Å². The second-order valence-corrected chi connectivity index (χ2v) is 4.50. The molecule has 0 unspecified atom stereocenters. The molecule has 1 amide bonds. The maximum absolute atomic E-state index is 11.7. The highest BCUT2D eigenvalue weighted by atomic mass is 16.3. The number of aromatic amines is 2. The van der Waals surface area contributed by atoms with Gasteiger partial charge in [0.15, 0.2) is 0 Å². The minimum atomic E-state index is -0.919. The summed E-state index contributed by atoms with van der Waals surface area (Å²) in [5.41, 5.74) is -1.88. The fraction of sp³-hybridized carbons (Fsp3) is 0.583. The van der Waals surface area contributed by atoms with Crippen molar-refractivity contribution in [1.29, 1.82) is 0 Å². The van der Waals surface area contributed by atoms with Gasteiger partial charge in [-0.15, -0.1) is 0 Å². The second kappa shape index (κ2) is 6.33. The zero-order valence-electron chi connectivity index (χ0n) is 11.1. The lowest BCUT2D eigenvalue weighted by Crippen LogP contribution is -2.42. The average Bonchev–Trinajstić information content (AvgIpc) is 2.35. The number of nitrogens with one attached hydrogen (secondary N) is 3. The number of carbonyl (C=O) groups is 1. The molecule has 0 aliphatic rings. The molecule has 1 heterocycles. The fourth-order valence-electron chi connectivity index (χ4n) is 1.61. The fourth-order valence-corrected chi connectivity index (χ4v) is 1.61. The van der Waals surface area contributed by atoms with Crippen LogP contribution in [-0.4, -0.2) is 33.1 Å². The Morgan fingerprint density at radius 2 is 1.95 bits per heavy atom. The molecule has 0 saturated carbocycles. The molecule has 106 valence electrons. The molecular formula is C12H19N3O4. The smallest absolute Gasteiger partial charge is 0.325 e. The summed E-state index contributed by atoms with van der Waals surface area (Å²) in [6.07, 6.45) is 0.958. The summed E-state index contributed by atoms with van der Waals surface area (Å²) < 4.78 is 0. The topological polar surface area (TPSA) is 115 Å². The molecule has 1 aromatic rings. The molecular weight excluding hydrogens is 250 g/mol. The highest BCUT2D eigenvalue weighted by Gasteiger charge is 2.22. The highest BCUT2D eigenvalue weighted by molar-refractivity contribution is 5.78. The molecule has 0 aromatic carbocycles. The van der Waals surface area contributed by atoms with Crippen LogP contribution in [0, 0.1) is 0 Å². The molecule has 7 nitrogen and oxygen atoms in total. The molecule has 0 atom stereocenters. The first-order chi connectivity index (χ1) is 8.88. The van der Waals surface area contributed by atoms with Crippen molar-refractivity contribution in [3.63, 3.8) is 0 Å². The minimum Gasteiger partial charge on any atom is -0.388 e. The molecule has 7 heteroatoms. The van der Waals surface area contributed by atoms with Gasteiger partial charge in [-0.3, -0.25) is 14.6 Å². The van der Waals surface area contributed by atoms with E-state index in [9.17, 15) is 19.5 Å². The average molecular weight is 269 g/mol. The quantitative estimate of drug-likeness (QED) is 0.545. The molecule has 0 saturated heterocycles. The molecule has 0 bridgehead atoms. The molecule has 0 aliphatic carbocycles. The Bertz CT molecular complexity index is 514. The lowest BCUT2D eigenvalue weighted by atomic mass is 9.97. The van der Waals surface area contributed by atoms with E-state index >= 15 is 0 Å². The molecule has 0 aliphatic heterocycles. The molecule has 1 rings (SSSR count). The van der Waals surface area contributed by atoms with Crippen molar-refractivity contribution >= 4 is 5.91 Å².